The highest BCUT2D eigenvalue weighted by Crippen LogP contribution is 2.46. The molecule has 1 N–H and O–H groups in total. The number of unbranched alkanes of at least 4 members (excludes halogenated alkanes) is 5. The summed E-state index contributed by atoms with van der Waals surface area (Å²) in [4.78, 5) is 10.1. The molecule has 0 aromatic heterocycles. The van der Waals surface area contributed by atoms with Gasteiger partial charge in [-0.3, -0.25) is 9.42 Å². The second-order valence-electron chi connectivity index (χ2n) is 7.58. The van der Waals surface area contributed by atoms with Crippen LogP contribution in [0.5, 0.6) is 5.75 Å². The van der Waals surface area contributed by atoms with Gasteiger partial charge in [0.05, 0.1) is 6.61 Å². The second-order valence-corrected chi connectivity index (χ2v) is 8.95. The molecule has 3 unspecified atom stereocenters. The van der Waals surface area contributed by atoms with Crippen LogP contribution in [0.15, 0.2) is 18.2 Å². The molecule has 27 heavy (non-hydrogen) atoms. The molecule has 4 nitrogen and oxygen atoms in total. The molecule has 5 heteroatoms. The zero-order chi connectivity index (χ0) is 20.3. The van der Waals surface area contributed by atoms with E-state index in [0.29, 0.717) is 11.7 Å². The van der Waals surface area contributed by atoms with Crippen LogP contribution < -0.4 is 4.52 Å². The van der Waals surface area contributed by atoms with Crippen molar-refractivity contribution in [3.8, 4) is 5.75 Å². The monoisotopic (exact) mass is 398 g/mol. The Morgan fingerprint density at radius 3 is 2.22 bits per heavy atom. The van der Waals surface area contributed by atoms with Crippen LogP contribution in [-0.4, -0.2) is 11.5 Å². The van der Waals surface area contributed by atoms with Crippen molar-refractivity contribution in [3.63, 3.8) is 0 Å². The van der Waals surface area contributed by atoms with Crippen molar-refractivity contribution in [1.82, 2.24) is 0 Å². The van der Waals surface area contributed by atoms with Gasteiger partial charge < -0.3 is 4.52 Å². The minimum absolute atomic E-state index is 0.252. The molecule has 0 bridgehead atoms. The van der Waals surface area contributed by atoms with E-state index in [9.17, 15) is 9.46 Å². The van der Waals surface area contributed by atoms with Gasteiger partial charge in [-0.25, -0.2) is 4.57 Å². The maximum absolute atomic E-state index is 12.4. The SMILES string of the molecule is CCCCCCCCOP(=O)(O)Oc1ccc(C(C)CC)cc1C(C)CC. The molecule has 156 valence electrons. The van der Waals surface area contributed by atoms with Gasteiger partial charge in [-0.05, 0) is 48.3 Å². The summed E-state index contributed by atoms with van der Waals surface area (Å²) in [6, 6.07) is 5.93. The first-order valence-electron chi connectivity index (χ1n) is 10.6. The highest BCUT2D eigenvalue weighted by molar-refractivity contribution is 7.47. The Bertz CT molecular complexity index is 588. The van der Waals surface area contributed by atoms with Crippen molar-refractivity contribution in [2.75, 3.05) is 6.61 Å². The zero-order valence-electron chi connectivity index (χ0n) is 17.9. The molecule has 0 aliphatic carbocycles. The molecule has 0 heterocycles. The summed E-state index contributed by atoms with van der Waals surface area (Å²) in [6.45, 7) is 11.0. The van der Waals surface area contributed by atoms with Crippen LogP contribution in [0.2, 0.25) is 0 Å². The predicted molar refractivity (Wildman–Crippen MR) is 114 cm³/mol. The highest BCUT2D eigenvalue weighted by Gasteiger charge is 2.25. The summed E-state index contributed by atoms with van der Waals surface area (Å²) >= 11 is 0. The first kappa shape index (κ1) is 24.2. The Morgan fingerprint density at radius 2 is 1.59 bits per heavy atom. The number of rotatable bonds is 14. The van der Waals surface area contributed by atoms with Crippen LogP contribution in [0.4, 0.5) is 0 Å². The Hall–Kier alpha value is -0.830. The van der Waals surface area contributed by atoms with Crippen molar-refractivity contribution in [2.45, 2.75) is 97.8 Å². The molecular weight excluding hydrogens is 359 g/mol. The van der Waals surface area contributed by atoms with E-state index in [1.165, 1.54) is 24.8 Å². The molecule has 1 aromatic rings. The van der Waals surface area contributed by atoms with Crippen LogP contribution in [0.3, 0.4) is 0 Å². The van der Waals surface area contributed by atoms with Crippen LogP contribution in [0, 0.1) is 0 Å². The van der Waals surface area contributed by atoms with Gasteiger partial charge in [-0.2, -0.15) is 0 Å². The smallest absolute Gasteiger partial charge is 0.404 e. The summed E-state index contributed by atoms with van der Waals surface area (Å²) in [5, 5.41) is 0. The van der Waals surface area contributed by atoms with Gasteiger partial charge in [0.25, 0.3) is 0 Å². The summed E-state index contributed by atoms with van der Waals surface area (Å²) < 4.78 is 23.0. The zero-order valence-corrected chi connectivity index (χ0v) is 18.8. The van der Waals surface area contributed by atoms with E-state index in [1.54, 1.807) is 0 Å². The van der Waals surface area contributed by atoms with Crippen LogP contribution in [0.1, 0.15) is 109 Å². The molecule has 0 radical (unpaired) electrons. The van der Waals surface area contributed by atoms with Gasteiger partial charge in [-0.15, -0.1) is 0 Å². The fraction of sp³-hybridized carbons (Fsp3) is 0.727. The lowest BCUT2D eigenvalue weighted by molar-refractivity contribution is 0.198. The standard InChI is InChI=1S/C22H39O4P/c1-6-9-10-11-12-13-16-25-27(23,24)26-22-15-14-20(18(4)7-2)17-21(22)19(5)8-3/h14-15,17-19H,6-13,16H2,1-5H3,(H,23,24). The third kappa shape index (κ3) is 8.81. The highest BCUT2D eigenvalue weighted by atomic mass is 31.2. The summed E-state index contributed by atoms with van der Waals surface area (Å²) in [5.41, 5.74) is 2.22. The summed E-state index contributed by atoms with van der Waals surface area (Å²) in [7, 11) is -4.10. The van der Waals surface area contributed by atoms with Gasteiger partial charge >= 0.3 is 7.82 Å². The number of hydrogen-bond acceptors (Lipinski definition) is 3. The fourth-order valence-corrected chi connectivity index (χ4v) is 3.84. The third-order valence-electron chi connectivity index (χ3n) is 5.32. The molecule has 1 aromatic carbocycles. The van der Waals surface area contributed by atoms with Crippen LogP contribution in [0.25, 0.3) is 0 Å². The van der Waals surface area contributed by atoms with E-state index in [4.69, 9.17) is 9.05 Å². The van der Waals surface area contributed by atoms with Crippen LogP contribution in [-0.2, 0) is 9.09 Å². The molecule has 0 aliphatic heterocycles. The maximum Gasteiger partial charge on any atom is 0.527 e. The topological polar surface area (TPSA) is 55.8 Å². The average Bonchev–Trinajstić information content (AvgIpc) is 2.66. The van der Waals surface area contributed by atoms with E-state index in [-0.39, 0.29) is 12.5 Å². The van der Waals surface area contributed by atoms with Crippen molar-refractivity contribution in [3.05, 3.63) is 29.3 Å². The summed E-state index contributed by atoms with van der Waals surface area (Å²) in [6.07, 6.45) is 8.60. The quantitative estimate of drug-likeness (QED) is 0.259. The van der Waals surface area contributed by atoms with E-state index < -0.39 is 7.82 Å². The normalized spacial score (nSPS) is 15.9. The average molecular weight is 399 g/mol. The Labute approximate surface area is 166 Å². The molecule has 3 atom stereocenters. The Kier molecular flexibility index (Phi) is 11.3. The molecule has 0 saturated heterocycles. The lowest BCUT2D eigenvalue weighted by atomic mass is 9.91. The third-order valence-corrected chi connectivity index (χ3v) is 6.26. The minimum atomic E-state index is -4.10. The number of hydrogen-bond donors (Lipinski definition) is 1. The molecule has 0 amide bonds. The van der Waals surface area contributed by atoms with Gasteiger partial charge in [0.2, 0.25) is 0 Å². The molecule has 0 aliphatic rings. The molecule has 0 saturated carbocycles. The molecule has 0 fully saturated rings. The largest absolute Gasteiger partial charge is 0.527 e. The Balaban J connectivity index is 2.70. The van der Waals surface area contributed by atoms with Crippen molar-refractivity contribution in [1.29, 1.82) is 0 Å². The van der Waals surface area contributed by atoms with Crippen molar-refractivity contribution < 1.29 is 18.5 Å². The molecular formula is C22H39O4P. The van der Waals surface area contributed by atoms with E-state index in [0.717, 1.165) is 37.7 Å². The van der Waals surface area contributed by atoms with Gasteiger partial charge in [0, 0.05) is 0 Å². The lowest BCUT2D eigenvalue weighted by Gasteiger charge is -2.20. The molecule has 1 rings (SSSR count). The van der Waals surface area contributed by atoms with E-state index in [2.05, 4.69) is 40.7 Å². The first-order chi connectivity index (χ1) is 12.8. The molecule has 0 spiro atoms. The second kappa shape index (κ2) is 12.6. The predicted octanol–water partition coefficient (Wildman–Crippen LogP) is 7.57. The maximum atomic E-state index is 12.4. The number of benzene rings is 1. The number of phosphoric ester groups is 1. The first-order valence-corrected chi connectivity index (χ1v) is 12.1. The van der Waals surface area contributed by atoms with Gasteiger partial charge in [0.1, 0.15) is 5.75 Å². The number of phosphoric acid groups is 1. The minimum Gasteiger partial charge on any atom is -0.404 e. The van der Waals surface area contributed by atoms with Crippen LogP contribution >= 0.6 is 7.82 Å². The lowest BCUT2D eigenvalue weighted by Crippen LogP contribution is -2.04. The van der Waals surface area contributed by atoms with Crippen molar-refractivity contribution >= 4 is 7.82 Å². The Morgan fingerprint density at radius 1 is 0.963 bits per heavy atom. The fourth-order valence-electron chi connectivity index (χ4n) is 3.01. The summed E-state index contributed by atoms with van der Waals surface area (Å²) in [5.74, 6) is 1.17. The van der Waals surface area contributed by atoms with Crippen molar-refractivity contribution in [2.24, 2.45) is 0 Å². The van der Waals surface area contributed by atoms with Gasteiger partial charge in [0.15, 0.2) is 0 Å². The van der Waals surface area contributed by atoms with E-state index >= 15 is 0 Å². The van der Waals surface area contributed by atoms with E-state index in [1.807, 2.05) is 12.1 Å². The van der Waals surface area contributed by atoms with Gasteiger partial charge in [-0.1, -0.05) is 78.9 Å².